The number of methoxy groups -OCH3 is 1. The number of ether oxygens (including phenoxy) is 1. The summed E-state index contributed by atoms with van der Waals surface area (Å²) in [6, 6.07) is 5.21. The van der Waals surface area contributed by atoms with Crippen molar-refractivity contribution < 1.29 is 13.9 Å². The molecule has 5 nitrogen and oxygen atoms in total. The molecule has 90 valence electrons. The molecule has 17 heavy (non-hydrogen) atoms. The lowest BCUT2D eigenvalue weighted by atomic mass is 9.96. The molecule has 0 fully saturated rings. The monoisotopic (exact) mass is 235 g/mol. The van der Waals surface area contributed by atoms with Gasteiger partial charge in [-0.25, -0.2) is 4.79 Å². The molecule has 0 bridgehead atoms. The molecule has 0 radical (unpaired) electrons. The predicted octanol–water partition coefficient (Wildman–Crippen LogP) is 1.79. The van der Waals surface area contributed by atoms with Gasteiger partial charge in [0.1, 0.15) is 0 Å². The third kappa shape index (κ3) is 2.08. The normalized spacial score (nSPS) is 12.6. The van der Waals surface area contributed by atoms with Gasteiger partial charge in [0.2, 0.25) is 0 Å². The van der Waals surface area contributed by atoms with E-state index < -0.39 is 5.76 Å². The van der Waals surface area contributed by atoms with Crippen molar-refractivity contribution in [2.45, 2.75) is 19.3 Å². The first-order valence-electron chi connectivity index (χ1n) is 5.36. The second kappa shape index (κ2) is 4.45. The fourth-order valence-electron chi connectivity index (χ4n) is 1.86. The summed E-state index contributed by atoms with van der Waals surface area (Å²) in [7, 11) is 1.36. The van der Waals surface area contributed by atoms with Crippen LogP contribution in [0.25, 0.3) is 11.1 Å². The number of hydrogen-bond acceptors (Lipinski definition) is 4. The van der Waals surface area contributed by atoms with Gasteiger partial charge in [0.05, 0.1) is 18.5 Å². The van der Waals surface area contributed by atoms with Crippen LogP contribution in [0.3, 0.4) is 0 Å². The molecule has 0 aliphatic rings. The minimum absolute atomic E-state index is 0.287. The number of hydrogen-bond donors (Lipinski definition) is 1. The number of aromatic amines is 1. The third-order valence-corrected chi connectivity index (χ3v) is 2.74. The molecule has 1 aromatic heterocycles. The Morgan fingerprint density at radius 3 is 2.94 bits per heavy atom. The SMILES string of the molecule is CCC(C(=O)OC)c1ccc2[nH]c(=O)oc2c1. The summed E-state index contributed by atoms with van der Waals surface area (Å²) in [5.41, 5.74) is 1.86. The molecule has 0 spiro atoms. The number of H-pyrrole nitrogens is 1. The summed E-state index contributed by atoms with van der Waals surface area (Å²) >= 11 is 0. The lowest BCUT2D eigenvalue weighted by Gasteiger charge is -2.12. The van der Waals surface area contributed by atoms with Crippen molar-refractivity contribution in [2.24, 2.45) is 0 Å². The van der Waals surface area contributed by atoms with E-state index in [0.29, 0.717) is 17.5 Å². The van der Waals surface area contributed by atoms with Gasteiger partial charge in [-0.2, -0.15) is 0 Å². The summed E-state index contributed by atoms with van der Waals surface area (Å²) in [6.07, 6.45) is 0.632. The Labute approximate surface area is 97.4 Å². The molecule has 1 unspecified atom stereocenters. The molecular weight excluding hydrogens is 222 g/mol. The first-order chi connectivity index (χ1) is 8.15. The second-order valence-electron chi connectivity index (χ2n) is 3.75. The number of esters is 1. The number of rotatable bonds is 3. The Morgan fingerprint density at radius 2 is 2.29 bits per heavy atom. The van der Waals surface area contributed by atoms with Crippen LogP contribution < -0.4 is 5.76 Å². The summed E-state index contributed by atoms with van der Waals surface area (Å²) in [5.74, 6) is -1.11. The minimum atomic E-state index is -0.497. The molecule has 1 aromatic carbocycles. The Bertz CT molecular complexity index is 596. The lowest BCUT2D eigenvalue weighted by Crippen LogP contribution is -2.13. The molecule has 0 aliphatic carbocycles. The zero-order chi connectivity index (χ0) is 12.4. The van der Waals surface area contributed by atoms with Crippen LogP contribution in [0.15, 0.2) is 27.4 Å². The molecule has 0 aliphatic heterocycles. The van der Waals surface area contributed by atoms with Crippen LogP contribution in [0.1, 0.15) is 24.8 Å². The van der Waals surface area contributed by atoms with Crippen molar-refractivity contribution in [3.8, 4) is 0 Å². The number of nitrogens with one attached hydrogen (secondary N) is 1. The highest BCUT2D eigenvalue weighted by Gasteiger charge is 2.20. The van der Waals surface area contributed by atoms with Gasteiger partial charge in [-0.15, -0.1) is 0 Å². The quantitative estimate of drug-likeness (QED) is 0.823. The van der Waals surface area contributed by atoms with Crippen molar-refractivity contribution in [3.63, 3.8) is 0 Å². The second-order valence-corrected chi connectivity index (χ2v) is 3.75. The average Bonchev–Trinajstić information content (AvgIpc) is 2.69. The zero-order valence-corrected chi connectivity index (χ0v) is 9.65. The molecule has 1 heterocycles. The minimum Gasteiger partial charge on any atom is -0.469 e. The van der Waals surface area contributed by atoms with E-state index in [9.17, 15) is 9.59 Å². The van der Waals surface area contributed by atoms with Gasteiger partial charge in [-0.05, 0) is 24.1 Å². The molecule has 1 N–H and O–H groups in total. The number of aromatic nitrogens is 1. The van der Waals surface area contributed by atoms with Gasteiger partial charge in [-0.1, -0.05) is 13.0 Å². The summed E-state index contributed by atoms with van der Waals surface area (Å²) < 4.78 is 9.69. The largest absolute Gasteiger partial charge is 0.469 e. The molecule has 0 saturated heterocycles. The molecule has 0 saturated carbocycles. The number of benzene rings is 1. The number of carbonyl (C=O) groups is 1. The van der Waals surface area contributed by atoms with Gasteiger partial charge < -0.3 is 9.15 Å². The first-order valence-corrected chi connectivity index (χ1v) is 5.36. The van der Waals surface area contributed by atoms with Crippen LogP contribution in [0.2, 0.25) is 0 Å². The molecule has 5 heteroatoms. The topological polar surface area (TPSA) is 72.3 Å². The van der Waals surface area contributed by atoms with Gasteiger partial charge in [-0.3, -0.25) is 9.78 Å². The van der Waals surface area contributed by atoms with Crippen LogP contribution in [0, 0.1) is 0 Å². The van der Waals surface area contributed by atoms with Crippen molar-refractivity contribution >= 4 is 17.1 Å². The fraction of sp³-hybridized carbons (Fsp3) is 0.333. The maximum Gasteiger partial charge on any atom is 0.417 e. The van der Waals surface area contributed by atoms with Crippen LogP contribution in [0.5, 0.6) is 0 Å². The number of carbonyl (C=O) groups excluding carboxylic acids is 1. The lowest BCUT2D eigenvalue weighted by molar-refractivity contribution is -0.142. The fourth-order valence-corrected chi connectivity index (χ4v) is 1.86. The molecule has 2 aromatic rings. The summed E-state index contributed by atoms with van der Waals surface area (Å²) in [5, 5.41) is 0. The van der Waals surface area contributed by atoms with Gasteiger partial charge in [0, 0.05) is 0 Å². The highest BCUT2D eigenvalue weighted by atomic mass is 16.5. The van der Waals surface area contributed by atoms with E-state index in [1.54, 1.807) is 18.2 Å². The van der Waals surface area contributed by atoms with E-state index in [0.717, 1.165) is 5.56 Å². The van der Waals surface area contributed by atoms with Crippen molar-refractivity contribution in [1.29, 1.82) is 0 Å². The molecule has 1 atom stereocenters. The Hall–Kier alpha value is -2.04. The summed E-state index contributed by atoms with van der Waals surface area (Å²) in [4.78, 5) is 25.1. The van der Waals surface area contributed by atoms with Crippen LogP contribution in [-0.4, -0.2) is 18.1 Å². The molecule has 0 amide bonds. The highest BCUT2D eigenvalue weighted by Crippen LogP contribution is 2.24. The smallest absolute Gasteiger partial charge is 0.417 e. The Morgan fingerprint density at radius 1 is 1.53 bits per heavy atom. The van der Waals surface area contributed by atoms with Crippen molar-refractivity contribution in [2.75, 3.05) is 7.11 Å². The molecule has 2 rings (SSSR count). The van der Waals surface area contributed by atoms with Gasteiger partial charge in [0.25, 0.3) is 0 Å². The van der Waals surface area contributed by atoms with E-state index >= 15 is 0 Å². The third-order valence-electron chi connectivity index (χ3n) is 2.74. The average molecular weight is 235 g/mol. The van der Waals surface area contributed by atoms with Crippen LogP contribution >= 0.6 is 0 Å². The van der Waals surface area contributed by atoms with Gasteiger partial charge >= 0.3 is 11.7 Å². The summed E-state index contributed by atoms with van der Waals surface area (Å²) in [6.45, 7) is 1.90. The van der Waals surface area contributed by atoms with Gasteiger partial charge in [0.15, 0.2) is 5.58 Å². The van der Waals surface area contributed by atoms with Crippen molar-refractivity contribution in [3.05, 3.63) is 34.3 Å². The highest BCUT2D eigenvalue weighted by molar-refractivity contribution is 5.81. The Kier molecular flexibility index (Phi) is 2.99. The van der Waals surface area contributed by atoms with Crippen molar-refractivity contribution in [1.82, 2.24) is 4.98 Å². The first kappa shape index (κ1) is 11.4. The van der Waals surface area contributed by atoms with E-state index in [-0.39, 0.29) is 11.9 Å². The van der Waals surface area contributed by atoms with E-state index in [4.69, 9.17) is 9.15 Å². The van der Waals surface area contributed by atoms with E-state index in [1.165, 1.54) is 7.11 Å². The number of fused-ring (bicyclic) bond motifs is 1. The maximum atomic E-state index is 11.6. The predicted molar refractivity (Wildman–Crippen MR) is 61.9 cm³/mol. The van der Waals surface area contributed by atoms with E-state index in [2.05, 4.69) is 4.98 Å². The zero-order valence-electron chi connectivity index (χ0n) is 9.65. The number of oxazole rings is 1. The molecular formula is C12H13NO4. The standard InChI is InChI=1S/C12H13NO4/c1-3-8(11(14)16-2)7-4-5-9-10(6-7)17-12(15)13-9/h4-6,8H,3H2,1-2H3,(H,13,15). The maximum absolute atomic E-state index is 11.6. The van der Waals surface area contributed by atoms with E-state index in [1.807, 2.05) is 6.92 Å². The van der Waals surface area contributed by atoms with Crippen LogP contribution in [-0.2, 0) is 9.53 Å². The Balaban J connectivity index is 2.47. The van der Waals surface area contributed by atoms with Crippen LogP contribution in [0.4, 0.5) is 0 Å².